The summed E-state index contributed by atoms with van der Waals surface area (Å²) in [6, 6.07) is 5.74. The lowest BCUT2D eigenvalue weighted by Gasteiger charge is -2.34. The van der Waals surface area contributed by atoms with Gasteiger partial charge < -0.3 is 14.4 Å². The van der Waals surface area contributed by atoms with Gasteiger partial charge in [-0.2, -0.15) is 0 Å². The lowest BCUT2D eigenvalue weighted by Crippen LogP contribution is -2.39. The fraction of sp³-hybridized carbons (Fsp3) is 0.533. The topological polar surface area (TPSA) is 38.8 Å². The number of Topliss-reactive ketones (excluding diaryl/α,β-unsaturated/α-hetero) is 1. The number of rotatable bonds is 4. The van der Waals surface area contributed by atoms with Crippen LogP contribution in [0.15, 0.2) is 18.2 Å². The van der Waals surface area contributed by atoms with Crippen molar-refractivity contribution in [2.24, 2.45) is 0 Å². The van der Waals surface area contributed by atoms with Crippen LogP contribution in [0.1, 0.15) is 30.1 Å². The van der Waals surface area contributed by atoms with E-state index in [2.05, 4.69) is 4.90 Å². The van der Waals surface area contributed by atoms with Crippen molar-refractivity contribution in [2.75, 3.05) is 32.2 Å². The number of ketones is 1. The van der Waals surface area contributed by atoms with Gasteiger partial charge in [0, 0.05) is 20.2 Å². The zero-order valence-corrected chi connectivity index (χ0v) is 11.8. The van der Waals surface area contributed by atoms with Crippen LogP contribution in [0.2, 0.25) is 0 Å². The van der Waals surface area contributed by atoms with Gasteiger partial charge in [-0.15, -0.1) is 0 Å². The molecule has 0 aliphatic carbocycles. The zero-order valence-electron chi connectivity index (χ0n) is 11.8. The number of carbonyl (C=O) groups is 1. The third kappa shape index (κ3) is 2.89. The fourth-order valence-corrected chi connectivity index (χ4v) is 2.66. The monoisotopic (exact) mass is 263 g/mol. The molecule has 0 radical (unpaired) electrons. The number of benzene rings is 1. The minimum atomic E-state index is 0.0343. The SMILES string of the molecule is COc1cccc(N2CCCC(OC)C2)c1C(C)=O. The molecule has 0 bridgehead atoms. The number of carbonyl (C=O) groups excluding carboxylic acids is 1. The molecule has 4 heteroatoms. The van der Waals surface area contributed by atoms with Crippen molar-refractivity contribution in [1.82, 2.24) is 0 Å². The van der Waals surface area contributed by atoms with E-state index < -0.39 is 0 Å². The molecule has 19 heavy (non-hydrogen) atoms. The summed E-state index contributed by atoms with van der Waals surface area (Å²) in [6.07, 6.45) is 2.39. The molecule has 1 aromatic carbocycles. The van der Waals surface area contributed by atoms with Crippen LogP contribution in [0, 0.1) is 0 Å². The Kier molecular flexibility index (Phi) is 4.43. The Morgan fingerprint density at radius 3 is 2.79 bits per heavy atom. The van der Waals surface area contributed by atoms with Crippen molar-refractivity contribution in [2.45, 2.75) is 25.9 Å². The van der Waals surface area contributed by atoms with Crippen molar-refractivity contribution in [3.63, 3.8) is 0 Å². The maximum Gasteiger partial charge on any atom is 0.165 e. The first kappa shape index (κ1) is 13.9. The lowest BCUT2D eigenvalue weighted by atomic mass is 10.0. The lowest BCUT2D eigenvalue weighted by molar-refractivity contribution is 0.0890. The number of hydrogen-bond donors (Lipinski definition) is 0. The third-order valence-electron chi connectivity index (χ3n) is 3.63. The molecule has 1 aliphatic rings. The molecule has 0 spiro atoms. The Morgan fingerprint density at radius 2 is 2.16 bits per heavy atom. The summed E-state index contributed by atoms with van der Waals surface area (Å²) in [6.45, 7) is 3.36. The number of methoxy groups -OCH3 is 2. The van der Waals surface area contributed by atoms with E-state index >= 15 is 0 Å². The second kappa shape index (κ2) is 6.06. The van der Waals surface area contributed by atoms with Gasteiger partial charge in [-0.05, 0) is 31.9 Å². The second-order valence-electron chi connectivity index (χ2n) is 4.86. The molecule has 0 amide bonds. The molecule has 1 fully saturated rings. The first-order chi connectivity index (χ1) is 9.17. The fourth-order valence-electron chi connectivity index (χ4n) is 2.66. The van der Waals surface area contributed by atoms with E-state index in [1.807, 2.05) is 18.2 Å². The van der Waals surface area contributed by atoms with Crippen LogP contribution < -0.4 is 9.64 Å². The minimum Gasteiger partial charge on any atom is -0.496 e. The van der Waals surface area contributed by atoms with Crippen molar-refractivity contribution in [1.29, 1.82) is 0 Å². The van der Waals surface area contributed by atoms with E-state index in [0.717, 1.165) is 31.6 Å². The van der Waals surface area contributed by atoms with E-state index in [9.17, 15) is 4.79 Å². The summed E-state index contributed by atoms with van der Waals surface area (Å²) < 4.78 is 10.8. The molecule has 0 N–H and O–H groups in total. The molecule has 1 aromatic rings. The standard InChI is InChI=1S/C15H21NO3/c1-11(17)15-13(7-4-8-14(15)19-3)16-9-5-6-12(10-16)18-2/h4,7-8,12H,5-6,9-10H2,1-3H3. The highest BCUT2D eigenvalue weighted by Crippen LogP contribution is 2.31. The predicted octanol–water partition coefficient (Wildman–Crippen LogP) is 2.51. The summed E-state index contributed by atoms with van der Waals surface area (Å²) in [5.74, 6) is 0.677. The van der Waals surface area contributed by atoms with E-state index in [1.54, 1.807) is 21.1 Å². The number of nitrogens with zero attached hydrogens (tertiary/aromatic N) is 1. The molecular weight excluding hydrogens is 242 g/mol. The Balaban J connectivity index is 2.35. The molecule has 0 aromatic heterocycles. The van der Waals surface area contributed by atoms with E-state index in [4.69, 9.17) is 9.47 Å². The number of ether oxygens (including phenoxy) is 2. The van der Waals surface area contributed by atoms with Crippen LogP contribution in [-0.4, -0.2) is 39.2 Å². The van der Waals surface area contributed by atoms with Crippen LogP contribution >= 0.6 is 0 Å². The smallest absolute Gasteiger partial charge is 0.165 e. The predicted molar refractivity (Wildman–Crippen MR) is 75.2 cm³/mol. The Morgan fingerprint density at radius 1 is 1.37 bits per heavy atom. The molecule has 104 valence electrons. The summed E-state index contributed by atoms with van der Waals surface area (Å²) >= 11 is 0. The molecular formula is C15H21NO3. The van der Waals surface area contributed by atoms with E-state index in [1.165, 1.54) is 0 Å². The van der Waals surface area contributed by atoms with Crippen LogP contribution in [0.3, 0.4) is 0 Å². The third-order valence-corrected chi connectivity index (χ3v) is 3.63. The average molecular weight is 263 g/mol. The average Bonchev–Trinajstić information content (AvgIpc) is 2.46. The van der Waals surface area contributed by atoms with Gasteiger partial charge in [-0.1, -0.05) is 6.07 Å². The van der Waals surface area contributed by atoms with Gasteiger partial charge in [-0.3, -0.25) is 4.79 Å². The Labute approximate surface area is 114 Å². The van der Waals surface area contributed by atoms with E-state index in [0.29, 0.717) is 11.3 Å². The van der Waals surface area contributed by atoms with Gasteiger partial charge in [0.2, 0.25) is 0 Å². The summed E-state index contributed by atoms with van der Waals surface area (Å²) in [5, 5.41) is 0. The molecule has 1 heterocycles. The van der Waals surface area contributed by atoms with Crippen LogP contribution in [0.25, 0.3) is 0 Å². The Bertz CT molecular complexity index is 459. The first-order valence-electron chi connectivity index (χ1n) is 6.63. The highest BCUT2D eigenvalue weighted by atomic mass is 16.5. The number of anilines is 1. The molecule has 2 rings (SSSR count). The quantitative estimate of drug-likeness (QED) is 0.782. The highest BCUT2D eigenvalue weighted by molar-refractivity contribution is 6.02. The van der Waals surface area contributed by atoms with Crippen LogP contribution in [0.4, 0.5) is 5.69 Å². The number of hydrogen-bond acceptors (Lipinski definition) is 4. The molecule has 1 unspecified atom stereocenters. The summed E-state index contributed by atoms with van der Waals surface area (Å²) in [5.41, 5.74) is 1.62. The normalized spacial score (nSPS) is 19.3. The highest BCUT2D eigenvalue weighted by Gasteiger charge is 2.24. The summed E-state index contributed by atoms with van der Waals surface area (Å²) in [4.78, 5) is 14.1. The minimum absolute atomic E-state index is 0.0343. The molecule has 1 saturated heterocycles. The maximum atomic E-state index is 11.9. The molecule has 1 atom stereocenters. The van der Waals surface area contributed by atoms with Crippen LogP contribution in [0.5, 0.6) is 5.75 Å². The first-order valence-corrected chi connectivity index (χ1v) is 6.63. The largest absolute Gasteiger partial charge is 0.496 e. The molecule has 4 nitrogen and oxygen atoms in total. The van der Waals surface area contributed by atoms with Crippen molar-refractivity contribution < 1.29 is 14.3 Å². The molecule has 1 aliphatic heterocycles. The van der Waals surface area contributed by atoms with Gasteiger partial charge in [0.05, 0.1) is 24.5 Å². The van der Waals surface area contributed by atoms with E-state index in [-0.39, 0.29) is 11.9 Å². The molecule has 0 saturated carbocycles. The van der Waals surface area contributed by atoms with Gasteiger partial charge >= 0.3 is 0 Å². The summed E-state index contributed by atoms with van der Waals surface area (Å²) in [7, 11) is 3.34. The van der Waals surface area contributed by atoms with Gasteiger partial charge in [-0.25, -0.2) is 0 Å². The van der Waals surface area contributed by atoms with Gasteiger partial charge in [0.15, 0.2) is 5.78 Å². The van der Waals surface area contributed by atoms with Crippen molar-refractivity contribution in [3.8, 4) is 5.75 Å². The Hall–Kier alpha value is -1.55. The van der Waals surface area contributed by atoms with Gasteiger partial charge in [0.25, 0.3) is 0 Å². The van der Waals surface area contributed by atoms with Crippen LogP contribution in [-0.2, 0) is 4.74 Å². The second-order valence-corrected chi connectivity index (χ2v) is 4.86. The number of piperidine rings is 1. The van der Waals surface area contributed by atoms with Crippen molar-refractivity contribution in [3.05, 3.63) is 23.8 Å². The maximum absolute atomic E-state index is 11.9. The zero-order chi connectivity index (χ0) is 13.8. The van der Waals surface area contributed by atoms with Crippen molar-refractivity contribution >= 4 is 11.5 Å². The van der Waals surface area contributed by atoms with Gasteiger partial charge in [0.1, 0.15) is 5.75 Å².